The van der Waals surface area contributed by atoms with Gasteiger partial charge in [-0.25, -0.2) is 4.39 Å². The van der Waals surface area contributed by atoms with Crippen molar-refractivity contribution >= 4 is 22.4 Å². The summed E-state index contributed by atoms with van der Waals surface area (Å²) in [5.41, 5.74) is 9.36. The summed E-state index contributed by atoms with van der Waals surface area (Å²) in [4.78, 5) is 0. The van der Waals surface area contributed by atoms with E-state index < -0.39 is 0 Å². The second-order valence-corrected chi connectivity index (χ2v) is 5.60. The summed E-state index contributed by atoms with van der Waals surface area (Å²) in [6, 6.07) is 16.0. The fraction of sp³-hybridized carbons (Fsp3) is 0.111. The molecule has 0 radical (unpaired) electrons. The number of hydrogen-bond donors (Lipinski definition) is 1. The van der Waals surface area contributed by atoms with Crippen LogP contribution in [0, 0.1) is 12.7 Å². The van der Waals surface area contributed by atoms with Gasteiger partial charge in [0.2, 0.25) is 0 Å². The number of halogens is 2. The van der Waals surface area contributed by atoms with Crippen molar-refractivity contribution in [2.75, 3.05) is 0 Å². The lowest BCUT2D eigenvalue weighted by atomic mass is 9.92. The van der Waals surface area contributed by atoms with E-state index in [-0.39, 0.29) is 11.9 Å². The summed E-state index contributed by atoms with van der Waals surface area (Å²) in [7, 11) is 0. The van der Waals surface area contributed by atoms with E-state index in [1.54, 1.807) is 12.1 Å². The number of aryl methyl sites for hydroxylation is 1. The van der Waals surface area contributed by atoms with Crippen LogP contribution in [0.2, 0.25) is 5.02 Å². The van der Waals surface area contributed by atoms with Crippen LogP contribution in [0.1, 0.15) is 22.7 Å². The highest BCUT2D eigenvalue weighted by atomic mass is 35.5. The molecule has 0 spiro atoms. The van der Waals surface area contributed by atoms with Crippen LogP contribution in [0.3, 0.4) is 0 Å². The summed E-state index contributed by atoms with van der Waals surface area (Å²) < 4.78 is 13.9. The van der Waals surface area contributed by atoms with Crippen molar-refractivity contribution in [1.29, 1.82) is 0 Å². The minimum Gasteiger partial charge on any atom is -0.320 e. The molecule has 3 aromatic carbocycles. The Labute approximate surface area is 128 Å². The molecule has 0 saturated heterocycles. The lowest BCUT2D eigenvalue weighted by Gasteiger charge is -2.18. The molecule has 1 nitrogen and oxygen atoms in total. The van der Waals surface area contributed by atoms with Gasteiger partial charge in [0.25, 0.3) is 0 Å². The highest BCUT2D eigenvalue weighted by molar-refractivity contribution is 6.30. The molecule has 0 fully saturated rings. The Hall–Kier alpha value is -1.90. The van der Waals surface area contributed by atoms with E-state index in [0.29, 0.717) is 10.4 Å². The van der Waals surface area contributed by atoms with Crippen LogP contribution in [0.15, 0.2) is 54.6 Å². The van der Waals surface area contributed by atoms with Crippen LogP contribution in [-0.4, -0.2) is 0 Å². The quantitative estimate of drug-likeness (QED) is 0.709. The molecule has 3 aromatic rings. The van der Waals surface area contributed by atoms with Crippen molar-refractivity contribution in [2.24, 2.45) is 5.73 Å². The Morgan fingerprint density at radius 1 is 0.952 bits per heavy atom. The molecule has 0 saturated carbocycles. The third kappa shape index (κ3) is 2.53. The molecule has 3 rings (SSSR count). The number of nitrogens with two attached hydrogens (primary N) is 1. The SMILES string of the molecule is Cc1cc(Cl)ccc1C(N)c1ccc(F)c2ccccc12. The summed E-state index contributed by atoms with van der Waals surface area (Å²) in [5, 5.41) is 2.13. The minimum atomic E-state index is -0.312. The van der Waals surface area contributed by atoms with Gasteiger partial charge in [-0.3, -0.25) is 0 Å². The predicted molar refractivity (Wildman–Crippen MR) is 86.1 cm³/mol. The van der Waals surface area contributed by atoms with Crippen molar-refractivity contribution in [3.63, 3.8) is 0 Å². The number of fused-ring (bicyclic) bond motifs is 1. The standard InChI is InChI=1S/C18H15ClFN/c1-11-10-12(19)6-7-13(11)18(21)16-8-9-17(20)15-5-3-2-4-14(15)16/h2-10,18H,21H2,1H3. The summed E-state index contributed by atoms with van der Waals surface area (Å²) in [6.07, 6.45) is 0. The molecule has 1 unspecified atom stereocenters. The van der Waals surface area contributed by atoms with Crippen molar-refractivity contribution in [3.05, 3.63) is 82.1 Å². The van der Waals surface area contributed by atoms with Crippen LogP contribution in [-0.2, 0) is 0 Å². The van der Waals surface area contributed by atoms with E-state index >= 15 is 0 Å². The summed E-state index contributed by atoms with van der Waals surface area (Å²) >= 11 is 5.99. The second-order valence-electron chi connectivity index (χ2n) is 5.16. The lowest BCUT2D eigenvalue weighted by molar-refractivity contribution is 0.639. The maximum atomic E-state index is 13.9. The molecule has 0 aliphatic heterocycles. The number of hydrogen-bond acceptors (Lipinski definition) is 1. The van der Waals surface area contributed by atoms with Gasteiger partial charge in [-0.05, 0) is 47.2 Å². The van der Waals surface area contributed by atoms with E-state index in [0.717, 1.165) is 22.1 Å². The van der Waals surface area contributed by atoms with Gasteiger partial charge in [0.05, 0.1) is 6.04 Å². The van der Waals surface area contributed by atoms with Crippen LogP contribution in [0.4, 0.5) is 4.39 Å². The average molecular weight is 300 g/mol. The maximum absolute atomic E-state index is 13.9. The molecule has 1 atom stereocenters. The third-order valence-corrected chi connectivity index (χ3v) is 4.04. The molecule has 0 aromatic heterocycles. The number of rotatable bonds is 2. The smallest absolute Gasteiger partial charge is 0.131 e. The Morgan fingerprint density at radius 2 is 1.62 bits per heavy atom. The van der Waals surface area contributed by atoms with Gasteiger partial charge in [-0.15, -0.1) is 0 Å². The fourth-order valence-electron chi connectivity index (χ4n) is 2.71. The van der Waals surface area contributed by atoms with E-state index in [1.165, 1.54) is 6.07 Å². The zero-order chi connectivity index (χ0) is 15.0. The molecule has 0 aliphatic rings. The van der Waals surface area contributed by atoms with Gasteiger partial charge >= 0.3 is 0 Å². The average Bonchev–Trinajstić information content (AvgIpc) is 2.47. The Bertz CT molecular complexity index is 813. The van der Waals surface area contributed by atoms with E-state index in [4.69, 9.17) is 17.3 Å². The molecule has 106 valence electrons. The molecule has 2 N–H and O–H groups in total. The zero-order valence-electron chi connectivity index (χ0n) is 11.6. The molecule has 3 heteroatoms. The molecule has 0 bridgehead atoms. The van der Waals surface area contributed by atoms with Gasteiger partial charge in [0.15, 0.2) is 0 Å². The monoisotopic (exact) mass is 299 g/mol. The van der Waals surface area contributed by atoms with Crippen LogP contribution in [0.25, 0.3) is 10.8 Å². The van der Waals surface area contributed by atoms with Crippen molar-refractivity contribution < 1.29 is 4.39 Å². The molecule has 0 heterocycles. The lowest BCUT2D eigenvalue weighted by Crippen LogP contribution is -2.14. The summed E-state index contributed by atoms with van der Waals surface area (Å²) in [6.45, 7) is 1.98. The van der Waals surface area contributed by atoms with Crippen LogP contribution in [0.5, 0.6) is 0 Å². The fourth-order valence-corrected chi connectivity index (χ4v) is 2.94. The van der Waals surface area contributed by atoms with Crippen LogP contribution < -0.4 is 5.73 Å². The largest absolute Gasteiger partial charge is 0.320 e. The molecule has 0 amide bonds. The second kappa shape index (κ2) is 5.47. The maximum Gasteiger partial charge on any atom is 0.131 e. The highest BCUT2D eigenvalue weighted by Crippen LogP contribution is 2.31. The summed E-state index contributed by atoms with van der Waals surface area (Å²) in [5.74, 6) is -0.227. The Balaban J connectivity index is 2.18. The predicted octanol–water partition coefficient (Wildman–Crippen LogP) is 4.99. The molecule has 0 aliphatic carbocycles. The van der Waals surface area contributed by atoms with Gasteiger partial charge in [0, 0.05) is 10.4 Å². The van der Waals surface area contributed by atoms with Crippen molar-refractivity contribution in [3.8, 4) is 0 Å². The topological polar surface area (TPSA) is 26.0 Å². The van der Waals surface area contributed by atoms with Crippen molar-refractivity contribution in [2.45, 2.75) is 13.0 Å². The van der Waals surface area contributed by atoms with E-state index in [1.807, 2.05) is 43.3 Å². The number of benzene rings is 3. The van der Waals surface area contributed by atoms with E-state index in [9.17, 15) is 4.39 Å². The van der Waals surface area contributed by atoms with Gasteiger partial charge in [-0.1, -0.05) is 48.0 Å². The first-order valence-electron chi connectivity index (χ1n) is 6.76. The highest BCUT2D eigenvalue weighted by Gasteiger charge is 2.15. The third-order valence-electron chi connectivity index (χ3n) is 3.81. The Kier molecular flexibility index (Phi) is 3.66. The zero-order valence-corrected chi connectivity index (χ0v) is 12.4. The van der Waals surface area contributed by atoms with Crippen LogP contribution >= 0.6 is 11.6 Å². The molecular formula is C18H15ClFN. The van der Waals surface area contributed by atoms with Gasteiger partial charge < -0.3 is 5.73 Å². The minimum absolute atomic E-state index is 0.227. The first kappa shape index (κ1) is 14.1. The van der Waals surface area contributed by atoms with Gasteiger partial charge in [-0.2, -0.15) is 0 Å². The van der Waals surface area contributed by atoms with Gasteiger partial charge in [0.1, 0.15) is 5.82 Å². The van der Waals surface area contributed by atoms with Crippen molar-refractivity contribution in [1.82, 2.24) is 0 Å². The Morgan fingerprint density at radius 3 is 2.33 bits per heavy atom. The molecular weight excluding hydrogens is 285 g/mol. The normalized spacial score (nSPS) is 12.6. The van der Waals surface area contributed by atoms with E-state index in [2.05, 4.69) is 0 Å². The molecule has 21 heavy (non-hydrogen) atoms. The first-order chi connectivity index (χ1) is 10.1. The first-order valence-corrected chi connectivity index (χ1v) is 7.14.